The predicted octanol–water partition coefficient (Wildman–Crippen LogP) is 2.90. The first kappa shape index (κ1) is 41.5. The lowest BCUT2D eigenvalue weighted by molar-refractivity contribution is -0.125. The molecule has 4 heterocycles. The molecule has 0 aromatic carbocycles. The highest BCUT2D eigenvalue weighted by molar-refractivity contribution is 6.40. The summed E-state index contributed by atoms with van der Waals surface area (Å²) in [4.78, 5) is 79.2. The number of halogens is 2. The largest absolute Gasteiger partial charge is 0.383 e. The van der Waals surface area contributed by atoms with Gasteiger partial charge in [-0.1, -0.05) is 36.0 Å². The van der Waals surface area contributed by atoms with Crippen LogP contribution in [0.4, 0.5) is 0 Å². The number of rotatable bonds is 16. The van der Waals surface area contributed by atoms with E-state index in [9.17, 15) is 34.5 Å². The Kier molecular flexibility index (Phi) is 12.2. The molecule has 17 nitrogen and oxygen atoms in total. The normalized spacial score (nSPS) is 25.1. The van der Waals surface area contributed by atoms with Crippen molar-refractivity contribution >= 4 is 52.7 Å². The molecule has 5 amide bonds. The van der Waals surface area contributed by atoms with Crippen LogP contribution in [0.15, 0.2) is 23.8 Å². The van der Waals surface area contributed by atoms with Crippen molar-refractivity contribution in [2.24, 2.45) is 23.7 Å². The monoisotopic (exact) mass is 822 g/mol. The third kappa shape index (κ3) is 10.6. The number of hydrogen-bond acceptors (Lipinski definition) is 10. The number of H-pyrrole nitrogens is 2. The molecule has 4 aliphatic rings. The summed E-state index contributed by atoms with van der Waals surface area (Å²) in [6, 6.07) is 0.564. The molecule has 2 saturated carbocycles. The van der Waals surface area contributed by atoms with Gasteiger partial charge in [-0.3, -0.25) is 24.0 Å². The average Bonchev–Trinajstić information content (AvgIpc) is 3.93. The second-order valence-corrected chi connectivity index (χ2v) is 17.7. The Morgan fingerprint density at radius 3 is 1.98 bits per heavy atom. The van der Waals surface area contributed by atoms with Gasteiger partial charge in [-0.15, -0.1) is 0 Å². The number of nitrogens with one attached hydrogen (secondary N) is 8. The quantitative estimate of drug-likeness (QED) is 0.123. The second-order valence-electron chi connectivity index (χ2n) is 17.0. The fourth-order valence-corrected chi connectivity index (χ4v) is 8.31. The van der Waals surface area contributed by atoms with Gasteiger partial charge in [0.25, 0.3) is 11.8 Å². The Labute approximate surface area is 340 Å². The van der Waals surface area contributed by atoms with Gasteiger partial charge in [-0.2, -0.15) is 10.5 Å². The summed E-state index contributed by atoms with van der Waals surface area (Å²) in [5.41, 5.74) is 1.43. The van der Waals surface area contributed by atoms with Crippen LogP contribution < -0.4 is 31.9 Å². The number of hydrogen-bond donors (Lipinski definition) is 8. The molecule has 8 N–H and O–H groups in total. The molecule has 0 spiro atoms. The van der Waals surface area contributed by atoms with E-state index in [1.54, 1.807) is 0 Å². The minimum absolute atomic E-state index is 0.0375. The minimum atomic E-state index is -1.10. The maximum atomic E-state index is 13.8. The lowest BCUT2D eigenvalue weighted by Crippen LogP contribution is -2.50. The molecule has 2 aliphatic heterocycles. The molecule has 4 unspecified atom stereocenters. The van der Waals surface area contributed by atoms with Gasteiger partial charge >= 0.3 is 0 Å². The van der Waals surface area contributed by atoms with Gasteiger partial charge in [0, 0.05) is 28.6 Å². The number of aromatic amines is 2. The van der Waals surface area contributed by atoms with Crippen molar-refractivity contribution in [1.82, 2.24) is 51.8 Å². The number of allylic oxidation sites excluding steroid dienone is 2. The van der Waals surface area contributed by atoms with E-state index in [1.807, 2.05) is 27.7 Å². The number of nitriles is 2. The van der Waals surface area contributed by atoms with E-state index in [4.69, 9.17) is 23.2 Å². The maximum Gasteiger partial charge on any atom is 0.287 e. The molecular formula is C38H48Cl2N12O5. The van der Waals surface area contributed by atoms with E-state index in [0.29, 0.717) is 38.0 Å². The topological polar surface area (TPSA) is 262 Å². The number of carbonyl (C=O) groups excluding carboxylic acids is 5. The van der Waals surface area contributed by atoms with Gasteiger partial charge in [0.15, 0.2) is 11.0 Å². The molecule has 304 valence electrons. The molecule has 6 rings (SSSR count). The zero-order chi connectivity index (χ0) is 41.2. The smallest absolute Gasteiger partial charge is 0.287 e. The van der Waals surface area contributed by atoms with E-state index >= 15 is 0 Å². The van der Waals surface area contributed by atoms with Crippen LogP contribution in [0.25, 0.3) is 0 Å². The number of aromatic nitrogens is 4. The highest BCUT2D eigenvalue weighted by Gasteiger charge is 2.45. The van der Waals surface area contributed by atoms with E-state index in [0.717, 1.165) is 24.1 Å². The summed E-state index contributed by atoms with van der Waals surface area (Å²) in [5.74, 6) is -3.00. The summed E-state index contributed by atoms with van der Waals surface area (Å²) in [5, 5.41) is 37.7. The molecule has 0 radical (unpaired) electrons. The van der Waals surface area contributed by atoms with Crippen molar-refractivity contribution in [3.05, 3.63) is 45.6 Å². The van der Waals surface area contributed by atoms with E-state index in [1.165, 1.54) is 12.5 Å². The number of amides is 5. The molecular weight excluding hydrogens is 775 g/mol. The zero-order valence-corrected chi connectivity index (χ0v) is 33.7. The molecule has 2 aromatic rings. The number of carbonyl (C=O) groups is 5. The van der Waals surface area contributed by atoms with Crippen LogP contribution in [0.1, 0.15) is 107 Å². The summed E-state index contributed by atoms with van der Waals surface area (Å²) < 4.78 is 0. The standard InChI is InChI=1S/C38H48Cl2N12O5/c1-37(2)12-20(8-22(14-41)45-33(54)25(7-18-5-6-18)47-35(56)27-16-43-17-44-27)28(51-37)24-10-19(24)11-26(48-36(57)31-49-29(39)30(40)50-31)34(55)46-23(15-42)9-21-13-38(3,4)52-32(21)53/h16-23,25-26,51H,5-13H2,1-4H3,(H,43,44)(H,45,54)(H,46,55)(H,47,56)(H,48,57)(H,49,50)(H,52,53)/b28-24-/t19?,20?,21-,22?,23+,25?,26+/m1/s1. The van der Waals surface area contributed by atoms with Crippen molar-refractivity contribution in [1.29, 1.82) is 10.5 Å². The molecule has 7 atom stereocenters. The van der Waals surface area contributed by atoms with Crippen LogP contribution in [0.2, 0.25) is 10.3 Å². The van der Waals surface area contributed by atoms with Gasteiger partial charge < -0.3 is 41.9 Å². The Hall–Kier alpha value is -5.13. The van der Waals surface area contributed by atoms with Crippen LogP contribution in [0.5, 0.6) is 0 Å². The number of imidazole rings is 2. The van der Waals surface area contributed by atoms with E-state index in [2.05, 4.69) is 64.0 Å². The van der Waals surface area contributed by atoms with Gasteiger partial charge in [-0.05, 0) is 90.0 Å². The van der Waals surface area contributed by atoms with Crippen molar-refractivity contribution in [3.8, 4) is 12.1 Å². The second kappa shape index (κ2) is 16.8. The van der Waals surface area contributed by atoms with Crippen molar-refractivity contribution in [3.63, 3.8) is 0 Å². The van der Waals surface area contributed by atoms with Crippen molar-refractivity contribution in [2.75, 3.05) is 0 Å². The maximum absolute atomic E-state index is 13.8. The molecule has 19 heteroatoms. The van der Waals surface area contributed by atoms with E-state index < -0.39 is 59.3 Å². The summed E-state index contributed by atoms with van der Waals surface area (Å²) in [6.45, 7) is 7.88. The average molecular weight is 824 g/mol. The molecule has 57 heavy (non-hydrogen) atoms. The molecule has 4 fully saturated rings. The number of nitrogens with zero attached hydrogens (tertiary/aromatic N) is 4. The molecule has 0 bridgehead atoms. The Morgan fingerprint density at radius 2 is 1.44 bits per heavy atom. The minimum Gasteiger partial charge on any atom is -0.383 e. The Balaban J connectivity index is 1.15. The van der Waals surface area contributed by atoms with Gasteiger partial charge in [0.1, 0.15) is 35.0 Å². The first-order valence-corrected chi connectivity index (χ1v) is 19.9. The first-order valence-electron chi connectivity index (χ1n) is 19.2. The van der Waals surface area contributed by atoms with Crippen LogP contribution in [0.3, 0.4) is 0 Å². The first-order chi connectivity index (χ1) is 26.9. The zero-order valence-electron chi connectivity index (χ0n) is 32.2. The predicted molar refractivity (Wildman–Crippen MR) is 207 cm³/mol. The third-order valence-electron chi connectivity index (χ3n) is 11.0. The lowest BCUT2D eigenvalue weighted by Gasteiger charge is -2.22. The molecule has 2 saturated heterocycles. The molecule has 2 aliphatic carbocycles. The highest BCUT2D eigenvalue weighted by atomic mass is 35.5. The summed E-state index contributed by atoms with van der Waals surface area (Å²) >= 11 is 12.0. The third-order valence-corrected chi connectivity index (χ3v) is 11.6. The van der Waals surface area contributed by atoms with Crippen LogP contribution in [-0.2, 0) is 14.4 Å². The Bertz CT molecular complexity index is 1990. The Morgan fingerprint density at radius 1 is 0.842 bits per heavy atom. The fraction of sp³-hybridized carbons (Fsp3) is 0.605. The summed E-state index contributed by atoms with van der Waals surface area (Å²) in [7, 11) is 0. The van der Waals surface area contributed by atoms with Crippen LogP contribution in [-0.4, -0.2) is 84.7 Å². The van der Waals surface area contributed by atoms with Crippen LogP contribution >= 0.6 is 23.2 Å². The van der Waals surface area contributed by atoms with Crippen molar-refractivity contribution < 1.29 is 24.0 Å². The van der Waals surface area contributed by atoms with Gasteiger partial charge in [0.2, 0.25) is 17.7 Å². The van der Waals surface area contributed by atoms with E-state index in [-0.39, 0.29) is 57.9 Å². The highest BCUT2D eigenvalue weighted by Crippen LogP contribution is 2.49. The fourth-order valence-electron chi connectivity index (χ4n) is 8.04. The van der Waals surface area contributed by atoms with Crippen molar-refractivity contribution in [2.45, 2.75) is 121 Å². The van der Waals surface area contributed by atoms with Gasteiger partial charge in [-0.25, -0.2) is 9.97 Å². The SMILES string of the molecule is CC1(C)C[C@@H](C[C@@H](C#N)NC(=O)[C@H](CC2C/C2=C2/NC(C)(C)CC2CC(C#N)NC(=O)C(CC2CC2)NC(=O)c2cnc[nH]2)NC(=O)c2nc(Cl)c(Cl)[nH]2)C(=O)N1. The molecule has 2 aromatic heterocycles. The lowest BCUT2D eigenvalue weighted by atomic mass is 9.90. The van der Waals surface area contributed by atoms with Crippen LogP contribution in [0, 0.1) is 46.3 Å². The van der Waals surface area contributed by atoms with Gasteiger partial charge in [0.05, 0.1) is 24.7 Å². The summed E-state index contributed by atoms with van der Waals surface area (Å²) in [6.07, 6.45) is 7.56.